The smallest absolute Gasteiger partial charge is 0.317 e. The molecule has 7 nitrogen and oxygen atoms in total. The molecular weight excluding hydrogens is 356 g/mol. The van der Waals surface area contributed by atoms with Crippen LogP contribution in [-0.4, -0.2) is 61.4 Å². The van der Waals surface area contributed by atoms with Crippen LogP contribution >= 0.6 is 0 Å². The molecule has 0 aromatic heterocycles. The Hall–Kier alpha value is -2.41. The van der Waals surface area contributed by atoms with Gasteiger partial charge in [0.05, 0.1) is 6.04 Å². The number of carbonyl (C=O) groups excluding carboxylic acids is 3. The minimum Gasteiger partial charge on any atom is -0.336 e. The molecule has 2 fully saturated rings. The largest absolute Gasteiger partial charge is 0.336 e. The molecule has 2 saturated heterocycles. The maximum absolute atomic E-state index is 12.7. The number of hydrogen-bond acceptors (Lipinski definition) is 4. The average molecular weight is 386 g/mol. The molecule has 1 aromatic carbocycles. The molecule has 4 amide bonds. The van der Waals surface area contributed by atoms with Crippen LogP contribution in [0, 0.1) is 12.3 Å². The first kappa shape index (κ1) is 20.3. The first-order valence-electron chi connectivity index (χ1n) is 9.87. The molecule has 2 aliphatic rings. The quantitative estimate of drug-likeness (QED) is 0.774. The van der Waals surface area contributed by atoms with Gasteiger partial charge in [0.15, 0.2) is 0 Å². The summed E-state index contributed by atoms with van der Waals surface area (Å²) in [7, 11) is 4.03. The van der Waals surface area contributed by atoms with E-state index in [1.807, 2.05) is 26.2 Å². The number of imide groups is 1. The molecule has 2 N–H and O–H groups in total. The Balaban J connectivity index is 1.56. The number of likely N-dealkylation sites (N-methyl/N-ethyl adjacent to an activating group) is 1. The Morgan fingerprint density at radius 1 is 1.18 bits per heavy atom. The number of nitrogens with zero attached hydrogens (tertiary/aromatic N) is 2. The molecule has 1 aromatic rings. The highest BCUT2D eigenvalue weighted by molar-refractivity contribution is 5.98. The number of benzene rings is 1. The van der Waals surface area contributed by atoms with Crippen LogP contribution in [0.3, 0.4) is 0 Å². The molecule has 1 spiro atoms. The van der Waals surface area contributed by atoms with Crippen molar-refractivity contribution in [1.82, 2.24) is 20.4 Å². The zero-order valence-electron chi connectivity index (χ0n) is 17.0. The van der Waals surface area contributed by atoms with Crippen LogP contribution in [0.4, 0.5) is 4.79 Å². The summed E-state index contributed by atoms with van der Waals surface area (Å²) in [4.78, 5) is 40.1. The number of hydrogen-bond donors (Lipinski definition) is 2. The van der Waals surface area contributed by atoms with Crippen LogP contribution in [0.15, 0.2) is 24.3 Å². The van der Waals surface area contributed by atoms with E-state index in [1.165, 1.54) is 11.1 Å². The van der Waals surface area contributed by atoms with E-state index in [9.17, 15) is 14.4 Å². The van der Waals surface area contributed by atoms with Crippen molar-refractivity contribution >= 4 is 17.8 Å². The van der Waals surface area contributed by atoms with Crippen LogP contribution in [0.1, 0.15) is 42.9 Å². The average Bonchev–Trinajstić information content (AvgIpc) is 2.62. The Bertz CT molecular complexity index is 736. The molecule has 2 aliphatic heterocycles. The fourth-order valence-electron chi connectivity index (χ4n) is 4.35. The fourth-order valence-corrected chi connectivity index (χ4v) is 4.35. The van der Waals surface area contributed by atoms with Crippen molar-refractivity contribution in [3.63, 3.8) is 0 Å². The highest BCUT2D eigenvalue weighted by Gasteiger charge is 2.42. The van der Waals surface area contributed by atoms with Crippen molar-refractivity contribution in [3.8, 4) is 0 Å². The molecule has 152 valence electrons. The molecular formula is C21H30N4O3. The van der Waals surface area contributed by atoms with E-state index in [0.29, 0.717) is 45.3 Å². The van der Waals surface area contributed by atoms with Crippen molar-refractivity contribution in [2.75, 3.05) is 33.7 Å². The highest BCUT2D eigenvalue weighted by Crippen LogP contribution is 2.40. The van der Waals surface area contributed by atoms with Gasteiger partial charge in [-0.2, -0.15) is 0 Å². The van der Waals surface area contributed by atoms with Crippen LogP contribution in [-0.2, 0) is 9.59 Å². The summed E-state index contributed by atoms with van der Waals surface area (Å²) in [5.41, 5.74) is 2.14. The van der Waals surface area contributed by atoms with Crippen molar-refractivity contribution in [2.24, 2.45) is 5.41 Å². The Kier molecular flexibility index (Phi) is 6.03. The van der Waals surface area contributed by atoms with Gasteiger partial charge < -0.3 is 15.1 Å². The third kappa shape index (κ3) is 4.52. The summed E-state index contributed by atoms with van der Waals surface area (Å²) in [6, 6.07) is 8.24. The number of likely N-dealkylation sites (tertiary alicyclic amines) is 1. The molecule has 0 saturated carbocycles. The van der Waals surface area contributed by atoms with Gasteiger partial charge in [-0.05, 0) is 50.4 Å². The SMILES string of the molecule is Cc1ccccc1[C@H](CNC(=O)N1CCC2(CC1)CC(=O)NC(=O)C2)N(C)C. The van der Waals surface area contributed by atoms with Crippen LogP contribution in [0.2, 0.25) is 0 Å². The van der Waals surface area contributed by atoms with E-state index in [1.54, 1.807) is 4.90 Å². The molecule has 7 heteroatoms. The van der Waals surface area contributed by atoms with E-state index in [-0.39, 0.29) is 29.3 Å². The molecule has 0 aliphatic carbocycles. The van der Waals surface area contributed by atoms with Crippen molar-refractivity contribution in [2.45, 2.75) is 38.6 Å². The van der Waals surface area contributed by atoms with Gasteiger partial charge >= 0.3 is 6.03 Å². The lowest BCUT2D eigenvalue weighted by Crippen LogP contribution is -2.53. The van der Waals surface area contributed by atoms with Gasteiger partial charge in [-0.3, -0.25) is 14.9 Å². The minimum atomic E-state index is -0.274. The third-order valence-electron chi connectivity index (χ3n) is 6.08. The third-order valence-corrected chi connectivity index (χ3v) is 6.08. The van der Waals surface area contributed by atoms with Gasteiger partial charge in [0.1, 0.15) is 0 Å². The second-order valence-electron chi connectivity index (χ2n) is 8.33. The number of nitrogens with one attached hydrogen (secondary N) is 2. The van der Waals surface area contributed by atoms with Crippen molar-refractivity contribution < 1.29 is 14.4 Å². The van der Waals surface area contributed by atoms with E-state index in [4.69, 9.17) is 0 Å². The first-order chi connectivity index (χ1) is 13.3. The molecule has 0 radical (unpaired) electrons. The molecule has 1 atom stereocenters. The minimum absolute atomic E-state index is 0.0816. The molecule has 0 unspecified atom stereocenters. The van der Waals surface area contributed by atoms with Gasteiger partial charge in [0.2, 0.25) is 11.8 Å². The van der Waals surface area contributed by atoms with Gasteiger partial charge in [0.25, 0.3) is 0 Å². The second-order valence-corrected chi connectivity index (χ2v) is 8.33. The molecule has 28 heavy (non-hydrogen) atoms. The predicted molar refractivity (Wildman–Crippen MR) is 107 cm³/mol. The van der Waals surface area contributed by atoms with Gasteiger partial charge in [-0.25, -0.2) is 4.79 Å². The summed E-state index contributed by atoms with van der Waals surface area (Å²) in [6.07, 6.45) is 2.14. The topological polar surface area (TPSA) is 81.8 Å². The predicted octanol–water partition coefficient (Wildman–Crippen LogP) is 1.83. The maximum Gasteiger partial charge on any atom is 0.317 e. The maximum atomic E-state index is 12.7. The number of amides is 4. The van der Waals surface area contributed by atoms with Crippen molar-refractivity contribution in [3.05, 3.63) is 35.4 Å². The number of piperidine rings is 2. The zero-order valence-corrected chi connectivity index (χ0v) is 17.0. The summed E-state index contributed by atoms with van der Waals surface area (Å²) < 4.78 is 0. The normalized spacial score (nSPS) is 20.2. The summed E-state index contributed by atoms with van der Waals surface area (Å²) >= 11 is 0. The monoisotopic (exact) mass is 386 g/mol. The summed E-state index contributed by atoms with van der Waals surface area (Å²) in [5, 5.41) is 5.44. The lowest BCUT2D eigenvalue weighted by molar-refractivity contribution is -0.139. The summed E-state index contributed by atoms with van der Waals surface area (Å²) in [6.45, 7) is 3.76. The van der Waals surface area contributed by atoms with Gasteiger partial charge in [-0.1, -0.05) is 24.3 Å². The number of urea groups is 1. The van der Waals surface area contributed by atoms with E-state index < -0.39 is 0 Å². The number of aryl methyl sites for hydroxylation is 1. The Labute approximate surface area is 166 Å². The lowest BCUT2D eigenvalue weighted by atomic mass is 9.71. The lowest BCUT2D eigenvalue weighted by Gasteiger charge is -2.43. The highest BCUT2D eigenvalue weighted by atomic mass is 16.2. The van der Waals surface area contributed by atoms with Crippen LogP contribution in [0.5, 0.6) is 0 Å². The van der Waals surface area contributed by atoms with Gasteiger partial charge in [-0.15, -0.1) is 0 Å². The standard InChI is InChI=1S/C21H30N4O3/c1-15-6-4-5-7-16(15)17(24(2)3)14-22-20(28)25-10-8-21(9-11-25)12-18(26)23-19(27)13-21/h4-7,17H,8-14H2,1-3H3,(H,22,28)(H,23,26,27)/t17-/m0/s1. The number of rotatable bonds is 4. The molecule has 0 bridgehead atoms. The van der Waals surface area contributed by atoms with E-state index >= 15 is 0 Å². The van der Waals surface area contributed by atoms with Crippen LogP contribution in [0.25, 0.3) is 0 Å². The summed E-state index contributed by atoms with van der Waals surface area (Å²) in [5.74, 6) is -0.387. The Morgan fingerprint density at radius 3 is 2.36 bits per heavy atom. The second kappa shape index (κ2) is 8.31. The zero-order chi connectivity index (χ0) is 20.3. The fraction of sp³-hybridized carbons (Fsp3) is 0.571. The van der Waals surface area contributed by atoms with Crippen LogP contribution < -0.4 is 10.6 Å². The van der Waals surface area contributed by atoms with Gasteiger partial charge in [0, 0.05) is 32.5 Å². The first-order valence-corrected chi connectivity index (χ1v) is 9.87. The van der Waals surface area contributed by atoms with E-state index in [2.05, 4.69) is 34.6 Å². The Morgan fingerprint density at radius 2 is 1.79 bits per heavy atom. The number of carbonyl (C=O) groups is 3. The van der Waals surface area contributed by atoms with Crippen molar-refractivity contribution in [1.29, 1.82) is 0 Å². The molecule has 2 heterocycles. The molecule has 3 rings (SSSR count). The van der Waals surface area contributed by atoms with E-state index in [0.717, 1.165) is 0 Å².